The van der Waals surface area contributed by atoms with Crippen molar-refractivity contribution >= 4 is 17.3 Å². The molecule has 5 nitrogen and oxygen atoms in total. The van der Waals surface area contributed by atoms with Gasteiger partial charge in [0.05, 0.1) is 19.8 Å². The first-order valence-corrected chi connectivity index (χ1v) is 8.00. The molecule has 0 radical (unpaired) electrons. The molecular formula is C14H24N4OS. The lowest BCUT2D eigenvalue weighted by atomic mass is 9.89. The molecule has 0 bridgehead atoms. The summed E-state index contributed by atoms with van der Waals surface area (Å²) < 4.78 is 5.27. The van der Waals surface area contributed by atoms with Crippen LogP contribution in [0.25, 0.3) is 0 Å². The highest BCUT2D eigenvalue weighted by Crippen LogP contribution is 2.24. The second kappa shape index (κ2) is 7.04. The van der Waals surface area contributed by atoms with Crippen LogP contribution in [0.2, 0.25) is 0 Å². The first-order chi connectivity index (χ1) is 9.65. The van der Waals surface area contributed by atoms with Crippen LogP contribution in [0.15, 0.2) is 11.2 Å². The molecule has 6 heteroatoms. The van der Waals surface area contributed by atoms with Crippen LogP contribution < -0.4 is 10.6 Å². The summed E-state index contributed by atoms with van der Waals surface area (Å²) in [6.45, 7) is 10.5. The summed E-state index contributed by atoms with van der Waals surface area (Å²) in [4.78, 5) is 10.3. The molecule has 1 aliphatic heterocycles. The molecule has 0 aliphatic carbocycles. The minimum Gasteiger partial charge on any atom is -0.380 e. The lowest BCUT2D eigenvalue weighted by Gasteiger charge is -2.38. The van der Waals surface area contributed by atoms with Crippen molar-refractivity contribution in [2.45, 2.75) is 33.7 Å². The number of hydrogen-bond donors (Lipinski definition) is 2. The lowest BCUT2D eigenvalue weighted by molar-refractivity contribution is -0.0971. The summed E-state index contributed by atoms with van der Waals surface area (Å²) in [7, 11) is 0. The van der Waals surface area contributed by atoms with E-state index < -0.39 is 0 Å². The average Bonchev–Trinajstić information content (AvgIpc) is 2.88. The molecule has 0 aromatic carbocycles. The van der Waals surface area contributed by atoms with Gasteiger partial charge in [0, 0.05) is 29.6 Å². The Morgan fingerprint density at radius 1 is 1.45 bits per heavy atom. The molecule has 1 aromatic heterocycles. The Labute approximate surface area is 124 Å². The molecule has 0 spiro atoms. The first kappa shape index (κ1) is 15.3. The van der Waals surface area contributed by atoms with Crippen LogP contribution in [0, 0.1) is 5.41 Å². The summed E-state index contributed by atoms with van der Waals surface area (Å²) in [6.07, 6.45) is 2.99. The van der Waals surface area contributed by atoms with Gasteiger partial charge in [-0.3, -0.25) is 0 Å². The molecule has 2 heterocycles. The molecule has 1 saturated heterocycles. The normalized spacial score (nSPS) is 17.6. The zero-order valence-corrected chi connectivity index (χ0v) is 13.3. The molecule has 1 aromatic rings. The smallest absolute Gasteiger partial charge is 0.191 e. The van der Waals surface area contributed by atoms with Crippen LogP contribution in [-0.4, -0.2) is 37.2 Å². The van der Waals surface area contributed by atoms with Crippen LogP contribution in [0.5, 0.6) is 0 Å². The Kier molecular flexibility index (Phi) is 5.37. The van der Waals surface area contributed by atoms with E-state index in [1.807, 2.05) is 6.20 Å². The second-order valence-corrected chi connectivity index (χ2v) is 6.63. The fourth-order valence-electron chi connectivity index (χ4n) is 1.92. The van der Waals surface area contributed by atoms with Crippen molar-refractivity contribution in [1.29, 1.82) is 0 Å². The summed E-state index contributed by atoms with van der Waals surface area (Å²) in [5.74, 6) is 0.855. The summed E-state index contributed by atoms with van der Waals surface area (Å²) in [5.41, 5.74) is 0.243. The molecular weight excluding hydrogens is 272 g/mol. The predicted molar refractivity (Wildman–Crippen MR) is 83.2 cm³/mol. The molecule has 0 atom stereocenters. The van der Waals surface area contributed by atoms with E-state index in [2.05, 4.69) is 41.4 Å². The average molecular weight is 296 g/mol. The van der Waals surface area contributed by atoms with Crippen LogP contribution >= 0.6 is 11.3 Å². The molecule has 2 N–H and O–H groups in total. The van der Waals surface area contributed by atoms with E-state index in [9.17, 15) is 0 Å². The van der Waals surface area contributed by atoms with Crippen LogP contribution in [0.3, 0.4) is 0 Å². The maximum atomic E-state index is 5.27. The van der Waals surface area contributed by atoms with Crippen molar-refractivity contribution in [2.24, 2.45) is 10.4 Å². The van der Waals surface area contributed by atoms with Crippen molar-refractivity contribution < 1.29 is 4.74 Å². The van der Waals surface area contributed by atoms with Crippen LogP contribution in [0.4, 0.5) is 0 Å². The molecule has 1 aliphatic rings. The quantitative estimate of drug-likeness (QED) is 0.621. The Morgan fingerprint density at radius 2 is 2.25 bits per heavy atom. The summed E-state index contributed by atoms with van der Waals surface area (Å²) in [6, 6.07) is 0. The topological polar surface area (TPSA) is 58.5 Å². The number of hydrogen-bond acceptors (Lipinski definition) is 4. The molecule has 20 heavy (non-hydrogen) atoms. The number of ether oxygens (including phenoxy) is 1. The number of aryl methyl sites for hydroxylation is 1. The van der Waals surface area contributed by atoms with Crippen LogP contribution in [-0.2, 0) is 17.7 Å². The molecule has 0 saturated carbocycles. The zero-order valence-electron chi connectivity index (χ0n) is 12.5. The van der Waals surface area contributed by atoms with Crippen molar-refractivity contribution in [2.75, 3.05) is 26.3 Å². The maximum Gasteiger partial charge on any atom is 0.191 e. The number of aliphatic imine (C=N–C) groups is 1. The third-order valence-electron chi connectivity index (χ3n) is 3.25. The van der Waals surface area contributed by atoms with Gasteiger partial charge in [0.2, 0.25) is 0 Å². The highest BCUT2D eigenvalue weighted by Gasteiger charge is 2.33. The van der Waals surface area contributed by atoms with E-state index >= 15 is 0 Å². The highest BCUT2D eigenvalue weighted by atomic mass is 32.1. The van der Waals surface area contributed by atoms with Crippen molar-refractivity contribution in [3.05, 3.63) is 16.1 Å². The maximum absolute atomic E-state index is 5.27. The van der Waals surface area contributed by atoms with Gasteiger partial charge >= 0.3 is 0 Å². The van der Waals surface area contributed by atoms with E-state index in [1.54, 1.807) is 11.3 Å². The molecule has 1 fully saturated rings. The van der Waals surface area contributed by atoms with E-state index in [1.165, 1.54) is 4.88 Å². The van der Waals surface area contributed by atoms with Crippen molar-refractivity contribution in [3.8, 4) is 0 Å². The number of guanidine groups is 1. The van der Waals surface area contributed by atoms with E-state index in [-0.39, 0.29) is 5.41 Å². The molecule has 112 valence electrons. The summed E-state index contributed by atoms with van der Waals surface area (Å²) in [5, 5.41) is 7.73. The molecule has 2 rings (SSSR count). The first-order valence-electron chi connectivity index (χ1n) is 7.19. The minimum atomic E-state index is 0.243. The number of thiazole rings is 1. The van der Waals surface area contributed by atoms with E-state index in [0.717, 1.165) is 43.7 Å². The standard InChI is InChI=1S/C14H24N4OS/c1-4-11-6-16-12(20-11)7-17-13(15-5-2)18-8-14(3)9-19-10-14/h6H,4-5,7-10H2,1-3H3,(H2,15,17,18). The third-order valence-corrected chi connectivity index (χ3v) is 4.38. The van der Waals surface area contributed by atoms with E-state index in [0.29, 0.717) is 6.54 Å². The Balaban J connectivity index is 1.87. The monoisotopic (exact) mass is 296 g/mol. The fourth-order valence-corrected chi connectivity index (χ4v) is 2.71. The van der Waals surface area contributed by atoms with Gasteiger partial charge in [-0.2, -0.15) is 0 Å². The number of nitrogens with one attached hydrogen (secondary N) is 2. The Hall–Kier alpha value is -1.14. The van der Waals surface area contributed by atoms with Gasteiger partial charge in [-0.25, -0.2) is 9.98 Å². The van der Waals surface area contributed by atoms with Crippen LogP contribution in [0.1, 0.15) is 30.7 Å². The van der Waals surface area contributed by atoms with Gasteiger partial charge in [-0.15, -0.1) is 11.3 Å². The van der Waals surface area contributed by atoms with Gasteiger partial charge in [-0.1, -0.05) is 13.8 Å². The fraction of sp³-hybridized carbons (Fsp3) is 0.714. The highest BCUT2D eigenvalue weighted by molar-refractivity contribution is 7.11. The lowest BCUT2D eigenvalue weighted by Crippen LogP contribution is -2.51. The van der Waals surface area contributed by atoms with Gasteiger partial charge < -0.3 is 15.4 Å². The van der Waals surface area contributed by atoms with Gasteiger partial charge in [0.25, 0.3) is 0 Å². The van der Waals surface area contributed by atoms with Gasteiger partial charge in [0.15, 0.2) is 5.96 Å². The Bertz CT molecular complexity index is 454. The zero-order chi connectivity index (χ0) is 14.4. The predicted octanol–water partition coefficient (Wildman–Crippen LogP) is 1.80. The third kappa shape index (κ3) is 4.18. The van der Waals surface area contributed by atoms with Gasteiger partial charge in [-0.05, 0) is 13.3 Å². The molecule has 0 amide bonds. The van der Waals surface area contributed by atoms with E-state index in [4.69, 9.17) is 4.74 Å². The number of nitrogens with zero attached hydrogens (tertiary/aromatic N) is 2. The van der Waals surface area contributed by atoms with Gasteiger partial charge in [0.1, 0.15) is 5.01 Å². The summed E-state index contributed by atoms with van der Waals surface area (Å²) >= 11 is 1.74. The SMILES string of the molecule is CCNC(=NCc1ncc(CC)s1)NCC1(C)COC1. The van der Waals surface area contributed by atoms with Crippen molar-refractivity contribution in [3.63, 3.8) is 0 Å². The Morgan fingerprint density at radius 3 is 2.80 bits per heavy atom. The minimum absolute atomic E-state index is 0.243. The molecule has 0 unspecified atom stereocenters. The largest absolute Gasteiger partial charge is 0.380 e. The van der Waals surface area contributed by atoms with Crippen molar-refractivity contribution in [1.82, 2.24) is 15.6 Å². The second-order valence-electron chi connectivity index (χ2n) is 5.43. The number of aromatic nitrogens is 1. The number of rotatable bonds is 6.